The summed E-state index contributed by atoms with van der Waals surface area (Å²) in [6, 6.07) is 11.0. The number of amides is 2. The Kier molecular flexibility index (Phi) is 5.21. The van der Waals surface area contributed by atoms with Crippen molar-refractivity contribution in [2.75, 3.05) is 18.5 Å². The summed E-state index contributed by atoms with van der Waals surface area (Å²) in [6.45, 7) is 1.02. The van der Waals surface area contributed by atoms with Crippen molar-refractivity contribution >= 4 is 22.6 Å². The minimum Gasteiger partial charge on any atom is -0.489 e. The number of ether oxygens (including phenoxy) is 3. The number of fused-ring (bicyclic) bond motifs is 1. The minimum absolute atomic E-state index is 0.0586. The normalized spacial score (nSPS) is 16.8. The van der Waals surface area contributed by atoms with Gasteiger partial charge in [0.15, 0.2) is 0 Å². The molecule has 8 nitrogen and oxygen atoms in total. The van der Waals surface area contributed by atoms with E-state index in [9.17, 15) is 14.4 Å². The van der Waals surface area contributed by atoms with Crippen molar-refractivity contribution in [3.63, 3.8) is 0 Å². The molecule has 1 aromatic heterocycles. The van der Waals surface area contributed by atoms with Gasteiger partial charge in [-0.05, 0) is 37.1 Å². The zero-order chi connectivity index (χ0) is 22.1. The van der Waals surface area contributed by atoms with Gasteiger partial charge >= 0.3 is 6.03 Å². The number of benzene rings is 2. The average molecular weight is 434 g/mol. The Bertz CT molecular complexity index is 1230. The number of anilines is 1. The zero-order valence-corrected chi connectivity index (χ0v) is 16.9. The number of urea groups is 1. The molecule has 9 heteroatoms. The Morgan fingerprint density at radius 3 is 2.81 bits per heavy atom. The molecule has 2 amide bonds. The summed E-state index contributed by atoms with van der Waals surface area (Å²) in [5.41, 5.74) is 0.968. The molecule has 5 rings (SSSR count). The standard InChI is InChI=1S/C23H19FN4O4/c24-18-8-15(3-4-19(18)28-23(29)27-14-1-2-14)32-21-5-6-26-20-9-22(31-12-16-11-30-16)13(10-25)7-17(20)21/h3-9,14,16H,1-2,11-12H2,(H2,27,28,29)/t16-/m1/s1. The van der Waals surface area contributed by atoms with Crippen LogP contribution in [0.4, 0.5) is 14.9 Å². The summed E-state index contributed by atoms with van der Waals surface area (Å²) in [4.78, 5) is 16.2. The summed E-state index contributed by atoms with van der Waals surface area (Å²) >= 11 is 0. The molecular formula is C23H19FN4O4. The fourth-order valence-corrected chi connectivity index (χ4v) is 3.15. The third-order valence-electron chi connectivity index (χ3n) is 5.08. The van der Waals surface area contributed by atoms with E-state index in [1.165, 1.54) is 12.1 Å². The first-order valence-electron chi connectivity index (χ1n) is 10.2. The van der Waals surface area contributed by atoms with Gasteiger partial charge in [0.05, 0.1) is 23.4 Å². The van der Waals surface area contributed by atoms with Crippen molar-refractivity contribution in [1.82, 2.24) is 10.3 Å². The van der Waals surface area contributed by atoms with Crippen LogP contribution in [-0.4, -0.2) is 36.4 Å². The number of pyridine rings is 1. The molecule has 1 aliphatic heterocycles. The number of nitrogens with one attached hydrogen (secondary N) is 2. The zero-order valence-electron chi connectivity index (χ0n) is 16.9. The Morgan fingerprint density at radius 2 is 2.09 bits per heavy atom. The summed E-state index contributed by atoms with van der Waals surface area (Å²) in [5.74, 6) is 0.455. The highest BCUT2D eigenvalue weighted by atomic mass is 19.1. The number of carbonyl (C=O) groups excluding carboxylic acids is 1. The van der Waals surface area contributed by atoms with Gasteiger partial charge in [-0.25, -0.2) is 9.18 Å². The molecule has 0 spiro atoms. The third-order valence-corrected chi connectivity index (χ3v) is 5.08. The number of nitrogens with zero attached hydrogens (tertiary/aromatic N) is 2. The molecular weight excluding hydrogens is 415 g/mol. The molecule has 3 aromatic rings. The lowest BCUT2D eigenvalue weighted by Crippen LogP contribution is -2.30. The van der Waals surface area contributed by atoms with E-state index in [1.807, 2.05) is 0 Å². The summed E-state index contributed by atoms with van der Waals surface area (Å²) < 4.78 is 31.2. The molecule has 0 radical (unpaired) electrons. The van der Waals surface area contributed by atoms with E-state index < -0.39 is 11.8 Å². The minimum atomic E-state index is -0.623. The molecule has 32 heavy (non-hydrogen) atoms. The first-order chi connectivity index (χ1) is 15.6. The number of hydrogen-bond donors (Lipinski definition) is 2. The van der Waals surface area contributed by atoms with Crippen LogP contribution in [0.15, 0.2) is 42.6 Å². The van der Waals surface area contributed by atoms with E-state index in [0.29, 0.717) is 41.2 Å². The number of nitriles is 1. The largest absolute Gasteiger partial charge is 0.489 e. The van der Waals surface area contributed by atoms with E-state index in [4.69, 9.17) is 14.2 Å². The topological polar surface area (TPSA) is 109 Å². The predicted molar refractivity (Wildman–Crippen MR) is 113 cm³/mol. The van der Waals surface area contributed by atoms with Gasteiger partial charge < -0.3 is 24.8 Å². The monoisotopic (exact) mass is 434 g/mol. The molecule has 2 N–H and O–H groups in total. The van der Waals surface area contributed by atoms with Crippen LogP contribution in [0.25, 0.3) is 10.9 Å². The van der Waals surface area contributed by atoms with Crippen LogP contribution in [0.3, 0.4) is 0 Å². The molecule has 2 aliphatic rings. The summed E-state index contributed by atoms with van der Waals surface area (Å²) in [5, 5.41) is 15.4. The van der Waals surface area contributed by atoms with Gasteiger partial charge in [0.2, 0.25) is 0 Å². The molecule has 2 aromatic carbocycles. The summed E-state index contributed by atoms with van der Waals surface area (Å²) in [6.07, 6.45) is 3.51. The molecule has 0 unspecified atom stereocenters. The fourth-order valence-electron chi connectivity index (χ4n) is 3.15. The Balaban J connectivity index is 1.36. The van der Waals surface area contributed by atoms with Crippen molar-refractivity contribution in [3.05, 3.63) is 54.0 Å². The van der Waals surface area contributed by atoms with Crippen LogP contribution in [0.2, 0.25) is 0 Å². The summed E-state index contributed by atoms with van der Waals surface area (Å²) in [7, 11) is 0. The van der Waals surface area contributed by atoms with E-state index in [2.05, 4.69) is 21.7 Å². The van der Waals surface area contributed by atoms with Crippen LogP contribution in [-0.2, 0) is 4.74 Å². The lowest BCUT2D eigenvalue weighted by Gasteiger charge is -2.13. The molecule has 1 aliphatic carbocycles. The van der Waals surface area contributed by atoms with Crippen LogP contribution in [0.5, 0.6) is 17.2 Å². The Morgan fingerprint density at radius 1 is 1.25 bits per heavy atom. The maximum Gasteiger partial charge on any atom is 0.319 e. The van der Waals surface area contributed by atoms with Crippen LogP contribution in [0, 0.1) is 17.1 Å². The molecule has 162 valence electrons. The number of epoxide rings is 1. The van der Waals surface area contributed by atoms with Crippen molar-refractivity contribution in [1.29, 1.82) is 5.26 Å². The number of rotatable bonds is 7. The van der Waals surface area contributed by atoms with Crippen LogP contribution >= 0.6 is 0 Å². The van der Waals surface area contributed by atoms with E-state index in [-0.39, 0.29) is 23.6 Å². The maximum atomic E-state index is 14.5. The Hall–Kier alpha value is -3.90. The smallest absolute Gasteiger partial charge is 0.319 e. The second kappa shape index (κ2) is 8.32. The molecule has 1 saturated heterocycles. The van der Waals surface area contributed by atoms with Gasteiger partial charge in [-0.1, -0.05) is 0 Å². The van der Waals surface area contributed by atoms with Gasteiger partial charge in [-0.15, -0.1) is 0 Å². The first kappa shape index (κ1) is 20.0. The third kappa shape index (κ3) is 4.55. The van der Waals surface area contributed by atoms with Crippen LogP contribution < -0.4 is 20.1 Å². The highest BCUT2D eigenvalue weighted by Crippen LogP contribution is 2.34. The quantitative estimate of drug-likeness (QED) is 0.542. The highest BCUT2D eigenvalue weighted by Gasteiger charge is 2.24. The molecule has 0 bridgehead atoms. The lowest BCUT2D eigenvalue weighted by atomic mass is 10.1. The molecule has 1 saturated carbocycles. The number of hydrogen-bond acceptors (Lipinski definition) is 6. The van der Waals surface area contributed by atoms with Gasteiger partial charge in [-0.2, -0.15) is 5.26 Å². The van der Waals surface area contributed by atoms with Crippen molar-refractivity contribution in [3.8, 4) is 23.3 Å². The van der Waals surface area contributed by atoms with Gasteiger partial charge in [0.1, 0.15) is 41.8 Å². The van der Waals surface area contributed by atoms with Gasteiger partial charge in [0, 0.05) is 29.8 Å². The van der Waals surface area contributed by atoms with Gasteiger partial charge in [-0.3, -0.25) is 4.98 Å². The van der Waals surface area contributed by atoms with Crippen LogP contribution in [0.1, 0.15) is 18.4 Å². The first-order valence-corrected chi connectivity index (χ1v) is 10.2. The second-order valence-electron chi connectivity index (χ2n) is 7.67. The van der Waals surface area contributed by atoms with Crippen molar-refractivity contribution in [2.24, 2.45) is 0 Å². The van der Waals surface area contributed by atoms with E-state index in [0.717, 1.165) is 12.8 Å². The fraction of sp³-hybridized carbons (Fsp3) is 0.261. The molecule has 1 atom stereocenters. The molecule has 2 heterocycles. The van der Waals surface area contributed by atoms with E-state index in [1.54, 1.807) is 30.5 Å². The van der Waals surface area contributed by atoms with E-state index >= 15 is 0 Å². The lowest BCUT2D eigenvalue weighted by molar-refractivity contribution is 0.251. The van der Waals surface area contributed by atoms with Crippen molar-refractivity contribution < 1.29 is 23.4 Å². The second-order valence-corrected chi connectivity index (χ2v) is 7.67. The SMILES string of the molecule is N#Cc1cc2c(Oc3ccc(NC(=O)NC4CC4)c(F)c3)ccnc2cc1OC[C@H]1CO1. The van der Waals surface area contributed by atoms with Crippen molar-refractivity contribution in [2.45, 2.75) is 25.0 Å². The number of carbonyl (C=O) groups is 1. The molecule has 2 fully saturated rings. The maximum absolute atomic E-state index is 14.5. The highest BCUT2D eigenvalue weighted by molar-refractivity contribution is 5.90. The number of halogens is 1. The predicted octanol–water partition coefficient (Wildman–Crippen LogP) is 4.10. The van der Waals surface area contributed by atoms with Gasteiger partial charge in [0.25, 0.3) is 0 Å². The number of aromatic nitrogens is 1. The Labute approximate surface area is 182 Å². The average Bonchev–Trinajstić information content (AvgIpc) is 3.70.